The summed E-state index contributed by atoms with van der Waals surface area (Å²) >= 11 is 0. The van der Waals surface area contributed by atoms with Crippen LogP contribution in [-0.2, 0) is 4.74 Å². The van der Waals surface area contributed by atoms with Crippen LogP contribution in [0.5, 0.6) is 0 Å². The lowest BCUT2D eigenvalue weighted by Crippen LogP contribution is -2.37. The number of carbonyl (C=O) groups excluding carboxylic acids is 1. The standard InChI is InChI=1S/C24H27F2N7O2/c1-13-2-4-14(5-3-13)33-10-18(21(31-33)23(25)26)29-24(34)22-20-17(27-12-28-22)6-7-19(30-20)32-9-16-8-15(32)11-35-16/h6-7,10,12-16,23H,2-5,8-9,11H2,1H3,(H,29,34)/t13?,14?,15-,16-/m1/s1. The fourth-order valence-corrected chi connectivity index (χ4v) is 5.47. The molecule has 2 atom stereocenters. The number of halogens is 2. The van der Waals surface area contributed by atoms with E-state index in [1.165, 1.54) is 12.5 Å². The molecule has 2 saturated heterocycles. The van der Waals surface area contributed by atoms with E-state index in [-0.39, 0.29) is 29.6 Å². The highest BCUT2D eigenvalue weighted by atomic mass is 19.3. The molecule has 35 heavy (non-hydrogen) atoms. The van der Waals surface area contributed by atoms with Gasteiger partial charge in [0.25, 0.3) is 12.3 Å². The summed E-state index contributed by atoms with van der Waals surface area (Å²) < 4.78 is 34.8. The van der Waals surface area contributed by atoms with Crippen LogP contribution in [0.4, 0.5) is 20.3 Å². The number of morpholine rings is 1. The minimum absolute atomic E-state index is 0.000500. The van der Waals surface area contributed by atoms with Gasteiger partial charge in [-0.3, -0.25) is 9.48 Å². The van der Waals surface area contributed by atoms with E-state index in [9.17, 15) is 13.6 Å². The SMILES string of the molecule is CC1CCC(n2cc(NC(=O)c3ncnc4ccc(N5C[C@H]6C[C@@H]5CO6)nc34)c(C(F)F)n2)CC1. The number of nitrogens with one attached hydrogen (secondary N) is 1. The van der Waals surface area contributed by atoms with Gasteiger partial charge in [0, 0.05) is 12.7 Å². The maximum atomic E-state index is 13.8. The molecule has 3 aromatic rings. The second kappa shape index (κ2) is 8.78. The molecule has 0 radical (unpaired) electrons. The van der Waals surface area contributed by atoms with E-state index >= 15 is 0 Å². The molecular weight excluding hydrogens is 456 g/mol. The van der Waals surface area contributed by atoms with E-state index in [1.807, 2.05) is 6.07 Å². The van der Waals surface area contributed by atoms with E-state index in [2.05, 4.69) is 32.2 Å². The first-order valence-corrected chi connectivity index (χ1v) is 12.1. The van der Waals surface area contributed by atoms with Crippen molar-refractivity contribution in [3.63, 3.8) is 0 Å². The van der Waals surface area contributed by atoms with Crippen molar-refractivity contribution in [2.45, 2.75) is 63.6 Å². The minimum atomic E-state index is -2.81. The Hall–Kier alpha value is -3.21. The summed E-state index contributed by atoms with van der Waals surface area (Å²) in [5.74, 6) is 0.735. The molecule has 11 heteroatoms. The normalized spacial score (nSPS) is 26.1. The molecule has 184 valence electrons. The molecule has 2 bridgehead atoms. The molecule has 6 rings (SSSR count). The second-order valence-electron chi connectivity index (χ2n) is 9.83. The molecule has 0 spiro atoms. The number of carbonyl (C=O) groups is 1. The summed E-state index contributed by atoms with van der Waals surface area (Å²) in [5, 5.41) is 6.76. The Kier molecular flexibility index (Phi) is 5.58. The summed E-state index contributed by atoms with van der Waals surface area (Å²) in [4.78, 5) is 28.5. The number of alkyl halides is 2. The topological polar surface area (TPSA) is 98.1 Å². The van der Waals surface area contributed by atoms with Gasteiger partial charge in [-0.1, -0.05) is 6.92 Å². The predicted octanol–water partition coefficient (Wildman–Crippen LogP) is 4.14. The van der Waals surface area contributed by atoms with Gasteiger partial charge in [-0.05, 0) is 50.2 Å². The van der Waals surface area contributed by atoms with E-state index in [0.29, 0.717) is 23.6 Å². The monoisotopic (exact) mass is 483 g/mol. The number of fused-ring (bicyclic) bond motifs is 3. The van der Waals surface area contributed by atoms with Gasteiger partial charge in [-0.2, -0.15) is 5.10 Å². The zero-order valence-corrected chi connectivity index (χ0v) is 19.4. The molecule has 3 aromatic heterocycles. The molecular formula is C24H27F2N7O2. The van der Waals surface area contributed by atoms with Crippen molar-refractivity contribution in [1.82, 2.24) is 24.7 Å². The molecule has 5 heterocycles. The third-order valence-corrected chi connectivity index (χ3v) is 7.45. The van der Waals surface area contributed by atoms with Crippen molar-refractivity contribution >= 4 is 28.4 Å². The van der Waals surface area contributed by atoms with E-state index < -0.39 is 18.0 Å². The molecule has 1 saturated carbocycles. The van der Waals surface area contributed by atoms with Gasteiger partial charge in [0.15, 0.2) is 11.4 Å². The number of amides is 1. The molecule has 1 N–H and O–H groups in total. The number of aromatic nitrogens is 5. The van der Waals surface area contributed by atoms with Gasteiger partial charge in [0.05, 0.1) is 36.0 Å². The fraction of sp³-hybridized carbons (Fsp3) is 0.542. The zero-order valence-electron chi connectivity index (χ0n) is 19.4. The number of hydrogen-bond donors (Lipinski definition) is 1. The number of rotatable bonds is 5. The molecule has 3 fully saturated rings. The fourth-order valence-electron chi connectivity index (χ4n) is 5.47. The van der Waals surface area contributed by atoms with Crippen LogP contribution >= 0.6 is 0 Å². The smallest absolute Gasteiger partial charge is 0.284 e. The lowest BCUT2D eigenvalue weighted by molar-refractivity contribution is 0.0988. The van der Waals surface area contributed by atoms with E-state index in [1.54, 1.807) is 10.7 Å². The van der Waals surface area contributed by atoms with Crippen molar-refractivity contribution in [1.29, 1.82) is 0 Å². The summed E-state index contributed by atoms with van der Waals surface area (Å²) in [6.07, 6.45) is 4.96. The number of anilines is 2. The summed E-state index contributed by atoms with van der Waals surface area (Å²) in [6, 6.07) is 3.99. The first kappa shape index (κ1) is 22.3. The van der Waals surface area contributed by atoms with Crippen LogP contribution < -0.4 is 10.2 Å². The van der Waals surface area contributed by atoms with E-state index in [4.69, 9.17) is 9.72 Å². The Morgan fingerprint density at radius 3 is 2.71 bits per heavy atom. The van der Waals surface area contributed by atoms with Crippen LogP contribution in [-0.4, -0.2) is 55.9 Å². The lowest BCUT2D eigenvalue weighted by Gasteiger charge is -2.28. The second-order valence-corrected chi connectivity index (χ2v) is 9.83. The van der Waals surface area contributed by atoms with Gasteiger partial charge >= 0.3 is 0 Å². The Morgan fingerprint density at radius 2 is 2.00 bits per heavy atom. The average Bonchev–Trinajstić information content (AvgIpc) is 3.60. The van der Waals surface area contributed by atoms with Crippen LogP contribution in [0.25, 0.3) is 11.0 Å². The number of nitrogens with zero attached hydrogens (tertiary/aromatic N) is 6. The minimum Gasteiger partial charge on any atom is -0.374 e. The molecule has 1 aliphatic carbocycles. The van der Waals surface area contributed by atoms with Crippen molar-refractivity contribution in [3.05, 3.63) is 36.0 Å². The van der Waals surface area contributed by atoms with Crippen LogP contribution in [0.3, 0.4) is 0 Å². The first-order valence-electron chi connectivity index (χ1n) is 12.1. The number of hydrogen-bond acceptors (Lipinski definition) is 7. The summed E-state index contributed by atoms with van der Waals surface area (Å²) in [6.45, 7) is 3.60. The van der Waals surface area contributed by atoms with Crippen molar-refractivity contribution in [3.8, 4) is 0 Å². The largest absolute Gasteiger partial charge is 0.374 e. The summed E-state index contributed by atoms with van der Waals surface area (Å²) in [7, 11) is 0. The van der Waals surface area contributed by atoms with Crippen LogP contribution in [0.15, 0.2) is 24.7 Å². The quantitative estimate of drug-likeness (QED) is 0.582. The maximum Gasteiger partial charge on any atom is 0.284 e. The summed E-state index contributed by atoms with van der Waals surface area (Å²) in [5.41, 5.74) is 0.448. The van der Waals surface area contributed by atoms with Crippen LogP contribution in [0.1, 0.15) is 67.7 Å². The Morgan fingerprint density at radius 1 is 1.17 bits per heavy atom. The Bertz CT molecular complexity index is 1260. The van der Waals surface area contributed by atoms with Gasteiger partial charge in [0.1, 0.15) is 17.7 Å². The number of ether oxygens (including phenoxy) is 1. The maximum absolute atomic E-state index is 13.8. The first-order chi connectivity index (χ1) is 17.0. The number of pyridine rings is 1. The van der Waals surface area contributed by atoms with Crippen molar-refractivity contribution in [2.24, 2.45) is 5.92 Å². The lowest BCUT2D eigenvalue weighted by atomic mass is 9.87. The molecule has 3 aliphatic rings. The average molecular weight is 484 g/mol. The van der Waals surface area contributed by atoms with Crippen LogP contribution in [0, 0.1) is 5.92 Å². The third-order valence-electron chi connectivity index (χ3n) is 7.45. The molecule has 1 amide bonds. The highest BCUT2D eigenvalue weighted by Gasteiger charge is 2.39. The molecule has 0 unspecified atom stereocenters. The van der Waals surface area contributed by atoms with Gasteiger partial charge in [0.2, 0.25) is 0 Å². The highest BCUT2D eigenvalue weighted by Crippen LogP contribution is 2.35. The van der Waals surface area contributed by atoms with E-state index in [0.717, 1.165) is 44.5 Å². The molecule has 0 aromatic carbocycles. The third kappa shape index (κ3) is 4.11. The molecule has 2 aliphatic heterocycles. The van der Waals surface area contributed by atoms with Gasteiger partial charge < -0.3 is 15.0 Å². The zero-order chi connectivity index (χ0) is 24.1. The Balaban J connectivity index is 1.29. The van der Waals surface area contributed by atoms with Crippen LogP contribution in [0.2, 0.25) is 0 Å². The van der Waals surface area contributed by atoms with Crippen molar-refractivity contribution < 1.29 is 18.3 Å². The highest BCUT2D eigenvalue weighted by molar-refractivity contribution is 6.10. The Labute approximate surface area is 200 Å². The van der Waals surface area contributed by atoms with Gasteiger partial charge in [-0.15, -0.1) is 0 Å². The molecule has 9 nitrogen and oxygen atoms in total. The van der Waals surface area contributed by atoms with Crippen molar-refractivity contribution in [2.75, 3.05) is 23.4 Å². The predicted molar refractivity (Wildman–Crippen MR) is 125 cm³/mol. The van der Waals surface area contributed by atoms with Gasteiger partial charge in [-0.25, -0.2) is 23.7 Å².